The van der Waals surface area contributed by atoms with Crippen LogP contribution in [0.2, 0.25) is 5.02 Å². The van der Waals surface area contributed by atoms with Crippen LogP contribution in [0.25, 0.3) is 0 Å². The first-order chi connectivity index (χ1) is 12.2. The van der Waals surface area contributed by atoms with Gasteiger partial charge in [-0.15, -0.1) is 0 Å². The Morgan fingerprint density at radius 1 is 1.15 bits per heavy atom. The first-order valence-corrected chi connectivity index (χ1v) is 7.87. The molecule has 2 aromatic rings. The van der Waals surface area contributed by atoms with Crippen LogP contribution in [0.3, 0.4) is 0 Å². The number of nitrogens with one attached hydrogen (secondary N) is 1. The van der Waals surface area contributed by atoms with Crippen LogP contribution in [-0.2, 0) is 0 Å². The number of aliphatic hydroxyl groups is 1. The smallest absolute Gasteiger partial charge is 0.362 e. The highest BCUT2D eigenvalue weighted by atomic mass is 35.5. The number of rotatable bonds is 2. The standard InChI is InChI=1S/C17H13ClF3N3O2/c18-12-6-8-13(9-7-12)22-15(25)24-16(26,17(19,20)21)10-14(23-24)11-4-2-1-3-5-11/h1-9,26H,10H2,(H,22,25). The molecule has 1 atom stereocenters. The number of hydrogen-bond donors (Lipinski definition) is 2. The number of anilines is 1. The molecule has 0 saturated carbocycles. The molecular formula is C17H13ClF3N3O2. The molecule has 0 radical (unpaired) electrons. The third-order valence-electron chi connectivity index (χ3n) is 3.83. The molecule has 1 unspecified atom stereocenters. The molecule has 2 aromatic carbocycles. The number of urea groups is 1. The first kappa shape index (κ1) is 18.2. The Labute approximate surface area is 151 Å². The topological polar surface area (TPSA) is 64.9 Å². The molecule has 3 rings (SSSR count). The maximum Gasteiger partial charge on any atom is 0.438 e. The summed E-state index contributed by atoms with van der Waals surface area (Å²) in [6.45, 7) is 0. The Kier molecular flexibility index (Phi) is 4.64. The van der Waals surface area contributed by atoms with Crippen LogP contribution < -0.4 is 5.32 Å². The van der Waals surface area contributed by atoms with Crippen LogP contribution in [0.15, 0.2) is 59.7 Å². The molecule has 0 aliphatic carbocycles. The zero-order chi connectivity index (χ0) is 18.9. The zero-order valence-corrected chi connectivity index (χ0v) is 13.9. The largest absolute Gasteiger partial charge is 0.438 e. The van der Waals surface area contributed by atoms with Crippen molar-refractivity contribution in [1.82, 2.24) is 5.01 Å². The van der Waals surface area contributed by atoms with Gasteiger partial charge in [0.2, 0.25) is 0 Å². The van der Waals surface area contributed by atoms with Gasteiger partial charge in [0.1, 0.15) is 0 Å². The lowest BCUT2D eigenvalue weighted by Gasteiger charge is -2.32. The molecule has 2 amide bonds. The van der Waals surface area contributed by atoms with E-state index in [1.165, 1.54) is 24.3 Å². The Hall–Kier alpha value is -2.58. The molecule has 0 aromatic heterocycles. The van der Waals surface area contributed by atoms with Gasteiger partial charge in [-0.2, -0.15) is 23.3 Å². The van der Waals surface area contributed by atoms with Crippen molar-refractivity contribution in [1.29, 1.82) is 0 Å². The molecular weight excluding hydrogens is 371 g/mol. The second-order valence-corrected chi connectivity index (χ2v) is 6.09. The normalized spacial score (nSPS) is 20.0. The number of nitrogens with zero attached hydrogens (tertiary/aromatic N) is 2. The predicted octanol–water partition coefficient (Wildman–Crippen LogP) is 4.23. The molecule has 0 bridgehead atoms. The van der Waals surface area contributed by atoms with Gasteiger partial charge in [-0.3, -0.25) is 0 Å². The Morgan fingerprint density at radius 2 is 1.77 bits per heavy atom. The lowest BCUT2D eigenvalue weighted by Crippen LogP contribution is -2.57. The van der Waals surface area contributed by atoms with E-state index in [9.17, 15) is 23.1 Å². The van der Waals surface area contributed by atoms with Crippen molar-refractivity contribution in [2.75, 3.05) is 5.32 Å². The summed E-state index contributed by atoms with van der Waals surface area (Å²) in [5.41, 5.74) is -2.88. The Bertz CT molecular complexity index is 841. The van der Waals surface area contributed by atoms with Gasteiger partial charge in [0, 0.05) is 10.7 Å². The van der Waals surface area contributed by atoms with Gasteiger partial charge in [0.05, 0.1) is 12.1 Å². The maximum atomic E-state index is 13.5. The van der Waals surface area contributed by atoms with Crippen molar-refractivity contribution in [2.45, 2.75) is 18.3 Å². The lowest BCUT2D eigenvalue weighted by molar-refractivity contribution is -0.296. The van der Waals surface area contributed by atoms with Gasteiger partial charge in [-0.05, 0) is 29.8 Å². The Balaban J connectivity index is 1.93. The monoisotopic (exact) mass is 383 g/mol. The molecule has 5 nitrogen and oxygen atoms in total. The molecule has 26 heavy (non-hydrogen) atoms. The van der Waals surface area contributed by atoms with Crippen LogP contribution in [0.5, 0.6) is 0 Å². The van der Waals surface area contributed by atoms with E-state index in [1.807, 2.05) is 0 Å². The minimum atomic E-state index is -5.09. The van der Waals surface area contributed by atoms with Crippen molar-refractivity contribution in [3.05, 3.63) is 65.2 Å². The number of halogens is 4. The van der Waals surface area contributed by atoms with E-state index in [0.717, 1.165) is 0 Å². The fourth-order valence-corrected chi connectivity index (χ4v) is 2.61. The number of hydrazone groups is 1. The molecule has 1 aliphatic rings. The minimum absolute atomic E-state index is 0.0317. The quantitative estimate of drug-likeness (QED) is 0.815. The van der Waals surface area contributed by atoms with Crippen molar-refractivity contribution < 1.29 is 23.1 Å². The van der Waals surface area contributed by atoms with Crippen molar-refractivity contribution in [3.8, 4) is 0 Å². The summed E-state index contributed by atoms with van der Waals surface area (Å²) in [6, 6.07) is 12.6. The van der Waals surface area contributed by atoms with Crippen molar-refractivity contribution >= 4 is 29.0 Å². The highest BCUT2D eigenvalue weighted by Gasteiger charge is 2.63. The van der Waals surface area contributed by atoms with Crippen LogP contribution in [-0.4, -0.2) is 33.8 Å². The summed E-state index contributed by atoms with van der Waals surface area (Å²) < 4.78 is 40.4. The fourth-order valence-electron chi connectivity index (χ4n) is 2.48. The van der Waals surface area contributed by atoms with E-state index in [4.69, 9.17) is 11.6 Å². The molecule has 1 heterocycles. The van der Waals surface area contributed by atoms with E-state index < -0.39 is 24.4 Å². The minimum Gasteiger partial charge on any atom is -0.362 e. The van der Waals surface area contributed by atoms with E-state index in [0.29, 0.717) is 10.6 Å². The SMILES string of the molecule is O=C(Nc1ccc(Cl)cc1)N1N=C(c2ccccc2)CC1(O)C(F)(F)F. The molecule has 2 N–H and O–H groups in total. The first-order valence-electron chi connectivity index (χ1n) is 7.49. The van der Waals surface area contributed by atoms with Crippen LogP contribution >= 0.6 is 11.6 Å². The highest BCUT2D eigenvalue weighted by molar-refractivity contribution is 6.30. The van der Waals surface area contributed by atoms with Crippen molar-refractivity contribution in [2.24, 2.45) is 5.10 Å². The third kappa shape index (κ3) is 3.38. The second kappa shape index (κ2) is 6.62. The van der Waals surface area contributed by atoms with Gasteiger partial charge >= 0.3 is 12.2 Å². The van der Waals surface area contributed by atoms with E-state index in [1.54, 1.807) is 30.3 Å². The zero-order valence-electron chi connectivity index (χ0n) is 13.2. The second-order valence-electron chi connectivity index (χ2n) is 5.65. The summed E-state index contributed by atoms with van der Waals surface area (Å²) in [5.74, 6) is 0. The molecule has 0 fully saturated rings. The predicted molar refractivity (Wildman–Crippen MR) is 90.9 cm³/mol. The maximum absolute atomic E-state index is 13.5. The fraction of sp³-hybridized carbons (Fsp3) is 0.176. The average Bonchev–Trinajstić information content (AvgIpc) is 2.97. The number of alkyl halides is 3. The van der Waals surface area contributed by atoms with E-state index >= 15 is 0 Å². The van der Waals surface area contributed by atoms with Gasteiger partial charge in [-0.1, -0.05) is 41.9 Å². The summed E-state index contributed by atoms with van der Waals surface area (Å²) in [7, 11) is 0. The summed E-state index contributed by atoms with van der Waals surface area (Å²) >= 11 is 5.73. The van der Waals surface area contributed by atoms with Crippen LogP contribution in [0, 0.1) is 0 Å². The van der Waals surface area contributed by atoms with E-state index in [-0.39, 0.29) is 16.4 Å². The number of carbonyl (C=O) groups is 1. The molecule has 9 heteroatoms. The van der Waals surface area contributed by atoms with Gasteiger partial charge in [-0.25, -0.2) is 4.79 Å². The summed E-state index contributed by atoms with van der Waals surface area (Å²) in [6.07, 6.45) is -5.96. The number of carbonyl (C=O) groups excluding carboxylic acids is 1. The molecule has 1 aliphatic heterocycles. The van der Waals surface area contributed by atoms with Crippen molar-refractivity contribution in [3.63, 3.8) is 0 Å². The Morgan fingerprint density at radius 3 is 2.35 bits per heavy atom. The number of hydrogen-bond acceptors (Lipinski definition) is 3. The molecule has 0 saturated heterocycles. The summed E-state index contributed by atoms with van der Waals surface area (Å²) in [4.78, 5) is 12.4. The van der Waals surface area contributed by atoms with Gasteiger partial charge in [0.25, 0.3) is 5.72 Å². The van der Waals surface area contributed by atoms with Gasteiger partial charge in [0.15, 0.2) is 0 Å². The highest BCUT2D eigenvalue weighted by Crippen LogP contribution is 2.41. The van der Waals surface area contributed by atoms with Crippen LogP contribution in [0.4, 0.5) is 23.7 Å². The molecule has 0 spiro atoms. The average molecular weight is 384 g/mol. The van der Waals surface area contributed by atoms with Crippen LogP contribution in [0.1, 0.15) is 12.0 Å². The number of amides is 2. The number of benzene rings is 2. The van der Waals surface area contributed by atoms with E-state index in [2.05, 4.69) is 10.4 Å². The molecule has 136 valence electrons. The third-order valence-corrected chi connectivity index (χ3v) is 4.09. The lowest BCUT2D eigenvalue weighted by atomic mass is 10.0. The van der Waals surface area contributed by atoms with Gasteiger partial charge < -0.3 is 10.4 Å². The summed E-state index contributed by atoms with van der Waals surface area (Å²) in [5, 5.41) is 16.7.